The van der Waals surface area contributed by atoms with E-state index in [0.717, 1.165) is 17.8 Å². The number of halogens is 2. The Hall–Kier alpha value is -1.38. The van der Waals surface area contributed by atoms with Crippen LogP contribution in [0.1, 0.15) is 11.1 Å². The summed E-state index contributed by atoms with van der Waals surface area (Å²) in [7, 11) is 0. The third-order valence-corrected chi connectivity index (χ3v) is 2.37. The third-order valence-electron chi connectivity index (χ3n) is 2.37. The van der Waals surface area contributed by atoms with Gasteiger partial charge in [0.25, 0.3) is 0 Å². The fourth-order valence-electron chi connectivity index (χ4n) is 1.51. The number of anilines is 2. The maximum atomic E-state index is 5.62. The summed E-state index contributed by atoms with van der Waals surface area (Å²) < 4.78 is 0. The van der Waals surface area contributed by atoms with Crippen LogP contribution in [0.5, 0.6) is 0 Å². The first-order valence-corrected chi connectivity index (χ1v) is 4.93. The van der Waals surface area contributed by atoms with Crippen molar-refractivity contribution in [2.75, 3.05) is 11.5 Å². The lowest BCUT2D eigenvalue weighted by Crippen LogP contribution is -1.90. The first kappa shape index (κ1) is 15.6. The summed E-state index contributed by atoms with van der Waals surface area (Å²) in [4.78, 5) is 0. The van der Waals surface area contributed by atoms with Gasteiger partial charge in [0.2, 0.25) is 0 Å². The minimum atomic E-state index is 0. The fourth-order valence-corrected chi connectivity index (χ4v) is 1.51. The van der Waals surface area contributed by atoms with Crippen LogP contribution in [-0.2, 0) is 6.42 Å². The molecule has 4 heteroatoms. The molecule has 2 aromatic rings. The minimum Gasteiger partial charge on any atom is -0.399 e. The predicted octanol–water partition coefficient (Wildman–Crippen LogP) is 3.29. The maximum Gasteiger partial charge on any atom is 0.0314 e. The molecule has 0 saturated heterocycles. The maximum absolute atomic E-state index is 5.62. The van der Waals surface area contributed by atoms with E-state index in [9.17, 15) is 0 Å². The molecule has 0 unspecified atom stereocenters. The van der Waals surface area contributed by atoms with E-state index < -0.39 is 0 Å². The molecule has 0 radical (unpaired) electrons. The van der Waals surface area contributed by atoms with Crippen LogP contribution >= 0.6 is 24.8 Å². The molecule has 0 aliphatic carbocycles. The Bertz CT molecular complexity index is 394. The van der Waals surface area contributed by atoms with E-state index in [1.165, 1.54) is 11.1 Å². The standard InChI is InChI=1S/C13H14N2.2ClH/c14-12-5-1-10(2-6-12)9-11-3-7-13(15)8-4-11;;/h1-8H,9,14-15H2;2*1H. The summed E-state index contributed by atoms with van der Waals surface area (Å²) in [6.45, 7) is 0. The summed E-state index contributed by atoms with van der Waals surface area (Å²) in [5.41, 5.74) is 15.4. The van der Waals surface area contributed by atoms with Crippen LogP contribution in [0.15, 0.2) is 48.5 Å². The van der Waals surface area contributed by atoms with Crippen molar-refractivity contribution < 1.29 is 0 Å². The number of nitrogens with two attached hydrogens (primary N) is 2. The van der Waals surface area contributed by atoms with Gasteiger partial charge >= 0.3 is 0 Å². The molecule has 0 aromatic heterocycles. The smallest absolute Gasteiger partial charge is 0.0314 e. The molecule has 0 saturated carbocycles. The Morgan fingerprint density at radius 1 is 0.588 bits per heavy atom. The van der Waals surface area contributed by atoms with Crippen LogP contribution in [0.3, 0.4) is 0 Å². The van der Waals surface area contributed by atoms with Crippen molar-refractivity contribution >= 4 is 36.2 Å². The van der Waals surface area contributed by atoms with Crippen molar-refractivity contribution in [2.24, 2.45) is 0 Å². The molecular weight excluding hydrogens is 255 g/mol. The normalized spacial score (nSPS) is 8.94. The van der Waals surface area contributed by atoms with Gasteiger partial charge in [0.1, 0.15) is 0 Å². The molecule has 0 spiro atoms. The predicted molar refractivity (Wildman–Crippen MR) is 79.0 cm³/mol. The highest BCUT2D eigenvalue weighted by Crippen LogP contribution is 2.13. The highest BCUT2D eigenvalue weighted by Gasteiger charge is 1.95. The lowest BCUT2D eigenvalue weighted by atomic mass is 10.0. The van der Waals surface area contributed by atoms with E-state index in [0.29, 0.717) is 0 Å². The summed E-state index contributed by atoms with van der Waals surface area (Å²) in [6.07, 6.45) is 0.917. The summed E-state index contributed by atoms with van der Waals surface area (Å²) in [5.74, 6) is 0. The Kier molecular flexibility index (Phi) is 6.47. The zero-order chi connectivity index (χ0) is 10.7. The summed E-state index contributed by atoms with van der Waals surface area (Å²) >= 11 is 0. The number of rotatable bonds is 2. The van der Waals surface area contributed by atoms with Gasteiger partial charge in [-0.15, -0.1) is 24.8 Å². The van der Waals surface area contributed by atoms with Gasteiger partial charge < -0.3 is 11.5 Å². The van der Waals surface area contributed by atoms with Gasteiger partial charge in [-0.05, 0) is 41.8 Å². The molecule has 0 heterocycles. The van der Waals surface area contributed by atoms with E-state index in [1.54, 1.807) is 0 Å². The van der Waals surface area contributed by atoms with Crippen LogP contribution in [0.4, 0.5) is 11.4 Å². The zero-order valence-electron chi connectivity index (χ0n) is 9.30. The van der Waals surface area contributed by atoms with Crippen molar-refractivity contribution in [3.8, 4) is 0 Å². The van der Waals surface area contributed by atoms with E-state index in [-0.39, 0.29) is 24.8 Å². The average molecular weight is 271 g/mol. The SMILES string of the molecule is Cl.Cl.Nc1ccc(Cc2ccc(N)cc2)cc1. The summed E-state index contributed by atoms with van der Waals surface area (Å²) in [6, 6.07) is 15.9. The van der Waals surface area contributed by atoms with Gasteiger partial charge in [-0.2, -0.15) is 0 Å². The average Bonchev–Trinajstić information content (AvgIpc) is 2.25. The second-order valence-electron chi connectivity index (χ2n) is 3.66. The molecular formula is C13H16Cl2N2. The van der Waals surface area contributed by atoms with Crippen LogP contribution < -0.4 is 11.5 Å². The molecule has 92 valence electrons. The van der Waals surface area contributed by atoms with Crippen LogP contribution in [-0.4, -0.2) is 0 Å². The number of benzene rings is 2. The van der Waals surface area contributed by atoms with E-state index in [2.05, 4.69) is 0 Å². The molecule has 0 aliphatic heterocycles. The highest BCUT2D eigenvalue weighted by molar-refractivity contribution is 5.85. The van der Waals surface area contributed by atoms with Crippen LogP contribution in [0, 0.1) is 0 Å². The van der Waals surface area contributed by atoms with Gasteiger partial charge in [0.15, 0.2) is 0 Å². The molecule has 0 aliphatic rings. The van der Waals surface area contributed by atoms with Crippen molar-refractivity contribution in [3.05, 3.63) is 59.7 Å². The van der Waals surface area contributed by atoms with E-state index >= 15 is 0 Å². The monoisotopic (exact) mass is 270 g/mol. The number of hydrogen-bond acceptors (Lipinski definition) is 2. The Morgan fingerprint density at radius 2 is 0.882 bits per heavy atom. The molecule has 0 amide bonds. The Morgan fingerprint density at radius 3 is 1.18 bits per heavy atom. The highest BCUT2D eigenvalue weighted by atomic mass is 35.5. The van der Waals surface area contributed by atoms with Crippen molar-refractivity contribution in [3.63, 3.8) is 0 Å². The number of hydrogen-bond donors (Lipinski definition) is 2. The Balaban J connectivity index is 0.00000128. The largest absolute Gasteiger partial charge is 0.399 e. The minimum absolute atomic E-state index is 0. The lowest BCUT2D eigenvalue weighted by molar-refractivity contribution is 1.19. The Labute approximate surface area is 114 Å². The number of nitrogen functional groups attached to an aromatic ring is 2. The fraction of sp³-hybridized carbons (Fsp3) is 0.0769. The zero-order valence-corrected chi connectivity index (χ0v) is 10.9. The first-order chi connectivity index (χ1) is 7.24. The quantitative estimate of drug-likeness (QED) is 0.823. The second-order valence-corrected chi connectivity index (χ2v) is 3.66. The van der Waals surface area contributed by atoms with Crippen molar-refractivity contribution in [1.82, 2.24) is 0 Å². The first-order valence-electron chi connectivity index (χ1n) is 4.93. The second kappa shape index (κ2) is 7.05. The molecule has 2 nitrogen and oxygen atoms in total. The van der Waals surface area contributed by atoms with E-state index in [1.807, 2.05) is 48.5 Å². The molecule has 0 fully saturated rings. The molecule has 4 N–H and O–H groups in total. The molecule has 0 atom stereocenters. The molecule has 2 aromatic carbocycles. The van der Waals surface area contributed by atoms with Gasteiger partial charge in [-0.1, -0.05) is 24.3 Å². The van der Waals surface area contributed by atoms with Crippen molar-refractivity contribution in [1.29, 1.82) is 0 Å². The van der Waals surface area contributed by atoms with E-state index in [4.69, 9.17) is 11.5 Å². The van der Waals surface area contributed by atoms with Crippen molar-refractivity contribution in [2.45, 2.75) is 6.42 Å². The van der Waals surface area contributed by atoms with Gasteiger partial charge in [0, 0.05) is 11.4 Å². The third kappa shape index (κ3) is 4.55. The van der Waals surface area contributed by atoms with Gasteiger partial charge in [0.05, 0.1) is 0 Å². The molecule has 0 bridgehead atoms. The van der Waals surface area contributed by atoms with Gasteiger partial charge in [-0.3, -0.25) is 0 Å². The van der Waals surface area contributed by atoms with Crippen LogP contribution in [0.2, 0.25) is 0 Å². The summed E-state index contributed by atoms with van der Waals surface area (Å²) in [5, 5.41) is 0. The van der Waals surface area contributed by atoms with Gasteiger partial charge in [-0.25, -0.2) is 0 Å². The lowest BCUT2D eigenvalue weighted by Gasteiger charge is -2.02. The van der Waals surface area contributed by atoms with Crippen LogP contribution in [0.25, 0.3) is 0 Å². The molecule has 2 rings (SSSR count). The topological polar surface area (TPSA) is 52.0 Å². The molecule has 17 heavy (non-hydrogen) atoms.